The average Bonchev–Trinajstić information content (AvgIpc) is 2.72. The number of fused-ring (bicyclic) bond motifs is 1. The van der Waals surface area contributed by atoms with E-state index < -0.39 is 34.9 Å². The van der Waals surface area contributed by atoms with Gasteiger partial charge in [0.15, 0.2) is 11.3 Å². The molecule has 1 aromatic heterocycles. The topological polar surface area (TPSA) is 137 Å². The number of aliphatic carboxylic acids is 1. The summed E-state index contributed by atoms with van der Waals surface area (Å²) in [6, 6.07) is 9.43. The lowest BCUT2D eigenvalue weighted by atomic mass is 9.95. The number of benzene rings is 2. The Morgan fingerprint density at radius 3 is 2.45 bits per heavy atom. The molecule has 0 saturated heterocycles. The highest BCUT2D eigenvalue weighted by Crippen LogP contribution is 2.34. The first kappa shape index (κ1) is 22.2. The molecular formula is C22H20ClNO7. The Balaban J connectivity index is 1.78. The van der Waals surface area contributed by atoms with Gasteiger partial charge in [0.2, 0.25) is 11.7 Å². The summed E-state index contributed by atoms with van der Waals surface area (Å²) in [4.78, 5) is 36.1. The van der Waals surface area contributed by atoms with E-state index in [1.54, 1.807) is 31.2 Å². The van der Waals surface area contributed by atoms with Gasteiger partial charge in [-0.15, -0.1) is 0 Å². The minimum absolute atomic E-state index is 0.0549. The van der Waals surface area contributed by atoms with Crippen molar-refractivity contribution in [2.24, 2.45) is 0 Å². The number of aryl methyl sites for hydroxylation is 1. The van der Waals surface area contributed by atoms with Crippen molar-refractivity contribution in [1.29, 1.82) is 0 Å². The summed E-state index contributed by atoms with van der Waals surface area (Å²) in [7, 11) is 0. The number of aromatic hydroxyl groups is 2. The number of hydrogen-bond acceptors (Lipinski definition) is 6. The van der Waals surface area contributed by atoms with Crippen LogP contribution in [-0.2, 0) is 16.0 Å². The quantitative estimate of drug-likeness (QED) is 0.324. The predicted octanol–water partition coefficient (Wildman–Crippen LogP) is 3.08. The zero-order chi connectivity index (χ0) is 22.7. The summed E-state index contributed by atoms with van der Waals surface area (Å²) < 4.78 is 5.11. The number of nitrogens with one attached hydrogen (secondary N) is 1. The summed E-state index contributed by atoms with van der Waals surface area (Å²) >= 11 is 5.88. The summed E-state index contributed by atoms with van der Waals surface area (Å²) in [6.45, 7) is 1.67. The van der Waals surface area contributed by atoms with Crippen molar-refractivity contribution in [1.82, 2.24) is 5.32 Å². The van der Waals surface area contributed by atoms with Gasteiger partial charge in [0.1, 0.15) is 0 Å². The van der Waals surface area contributed by atoms with E-state index in [4.69, 9.17) is 16.0 Å². The smallest absolute Gasteiger partial charge is 0.340 e. The fraction of sp³-hybridized carbons (Fsp3) is 0.227. The van der Waals surface area contributed by atoms with Gasteiger partial charge in [-0.3, -0.25) is 9.59 Å². The summed E-state index contributed by atoms with van der Waals surface area (Å²) in [5, 5.41) is 32.2. The molecule has 0 bridgehead atoms. The maximum Gasteiger partial charge on any atom is 0.340 e. The number of carboxylic acids is 1. The van der Waals surface area contributed by atoms with Crippen LogP contribution in [0, 0.1) is 6.92 Å². The second kappa shape index (κ2) is 9.09. The van der Waals surface area contributed by atoms with Crippen LogP contribution in [-0.4, -0.2) is 33.7 Å². The van der Waals surface area contributed by atoms with Crippen LogP contribution in [0.25, 0.3) is 11.0 Å². The van der Waals surface area contributed by atoms with Crippen LogP contribution in [0.2, 0.25) is 5.02 Å². The molecule has 9 heteroatoms. The highest BCUT2D eigenvalue weighted by Gasteiger charge is 2.20. The number of carbonyl (C=O) groups is 2. The lowest BCUT2D eigenvalue weighted by molar-refractivity contribution is -0.137. The Labute approximate surface area is 181 Å². The number of hydrogen-bond donors (Lipinski definition) is 4. The van der Waals surface area contributed by atoms with Crippen LogP contribution >= 0.6 is 11.6 Å². The molecule has 3 aromatic rings. The third-order valence-corrected chi connectivity index (χ3v) is 5.31. The maximum atomic E-state index is 12.5. The van der Waals surface area contributed by atoms with Gasteiger partial charge in [-0.2, -0.15) is 0 Å². The van der Waals surface area contributed by atoms with E-state index in [9.17, 15) is 29.7 Å². The fourth-order valence-electron chi connectivity index (χ4n) is 3.35. The molecule has 3 rings (SSSR count). The third kappa shape index (κ3) is 4.97. The Morgan fingerprint density at radius 2 is 1.81 bits per heavy atom. The minimum atomic E-state index is -1.01. The van der Waals surface area contributed by atoms with Gasteiger partial charge in [-0.25, -0.2) is 4.79 Å². The molecule has 0 unspecified atom stereocenters. The minimum Gasteiger partial charge on any atom is -0.504 e. The summed E-state index contributed by atoms with van der Waals surface area (Å²) in [6.07, 6.45) is -0.478. The number of halogens is 1. The van der Waals surface area contributed by atoms with E-state index in [0.717, 1.165) is 0 Å². The van der Waals surface area contributed by atoms with Gasteiger partial charge in [-0.05, 0) is 42.3 Å². The van der Waals surface area contributed by atoms with Crippen LogP contribution in [0.4, 0.5) is 0 Å². The van der Waals surface area contributed by atoms with E-state index in [1.165, 1.54) is 12.1 Å². The lowest BCUT2D eigenvalue weighted by Gasteiger charge is -2.17. The number of carboxylic acid groups (broad SMARTS) is 1. The number of carbonyl (C=O) groups excluding carboxylic acids is 1. The summed E-state index contributed by atoms with van der Waals surface area (Å²) in [5.41, 5.74) is 0.299. The Hall–Kier alpha value is -3.52. The van der Waals surface area contributed by atoms with Crippen molar-refractivity contribution >= 4 is 34.4 Å². The van der Waals surface area contributed by atoms with Crippen LogP contribution in [0.5, 0.6) is 11.5 Å². The molecule has 8 nitrogen and oxygen atoms in total. The number of rotatable bonds is 7. The molecule has 1 heterocycles. The second-order valence-corrected chi connectivity index (χ2v) is 7.57. The van der Waals surface area contributed by atoms with Gasteiger partial charge in [0, 0.05) is 22.9 Å². The number of phenolic OH excluding ortho intramolecular Hbond substituents is 2. The van der Waals surface area contributed by atoms with E-state index in [2.05, 4.69) is 5.32 Å². The van der Waals surface area contributed by atoms with Crippen molar-refractivity contribution in [3.8, 4) is 11.5 Å². The van der Waals surface area contributed by atoms with Crippen LogP contribution < -0.4 is 10.9 Å². The normalized spacial score (nSPS) is 11.9. The Kier molecular flexibility index (Phi) is 6.50. The van der Waals surface area contributed by atoms with Crippen molar-refractivity contribution in [3.05, 3.63) is 68.5 Å². The first-order chi connectivity index (χ1) is 14.7. The molecule has 0 saturated carbocycles. The monoisotopic (exact) mass is 445 g/mol. The maximum absolute atomic E-state index is 12.5. The zero-order valence-electron chi connectivity index (χ0n) is 16.5. The van der Waals surface area contributed by atoms with Crippen LogP contribution in [0.1, 0.15) is 29.0 Å². The molecule has 2 aromatic carbocycles. The highest BCUT2D eigenvalue weighted by molar-refractivity contribution is 6.30. The molecule has 31 heavy (non-hydrogen) atoms. The predicted molar refractivity (Wildman–Crippen MR) is 114 cm³/mol. The van der Waals surface area contributed by atoms with E-state index in [-0.39, 0.29) is 30.5 Å². The average molecular weight is 446 g/mol. The molecule has 0 fully saturated rings. The standard InChI is InChI=1S/C22H20ClNO7/c1-11-15-6-7-17(25)20(29)21(15)31-22(30)16(11)9-18(26)24-10-13(8-19(27)28)12-2-4-14(23)5-3-12/h2-7,13,25,29H,8-10H2,1H3,(H,24,26)(H,27,28)/t13-/m0/s1. The fourth-order valence-corrected chi connectivity index (χ4v) is 3.47. The van der Waals surface area contributed by atoms with E-state index in [1.807, 2.05) is 0 Å². The number of amides is 1. The van der Waals surface area contributed by atoms with Crippen molar-refractivity contribution in [2.75, 3.05) is 6.54 Å². The molecule has 0 radical (unpaired) electrons. The van der Waals surface area contributed by atoms with E-state index >= 15 is 0 Å². The number of phenols is 2. The Morgan fingerprint density at radius 1 is 1.13 bits per heavy atom. The van der Waals surface area contributed by atoms with Gasteiger partial charge < -0.3 is 25.1 Å². The first-order valence-corrected chi connectivity index (χ1v) is 9.76. The van der Waals surface area contributed by atoms with E-state index in [0.29, 0.717) is 21.5 Å². The largest absolute Gasteiger partial charge is 0.504 e. The van der Waals surface area contributed by atoms with Gasteiger partial charge in [0.25, 0.3) is 0 Å². The molecule has 0 aliphatic carbocycles. The molecule has 0 aliphatic rings. The van der Waals surface area contributed by atoms with Crippen LogP contribution in [0.3, 0.4) is 0 Å². The lowest BCUT2D eigenvalue weighted by Crippen LogP contribution is -2.32. The second-order valence-electron chi connectivity index (χ2n) is 7.13. The molecule has 162 valence electrons. The first-order valence-electron chi connectivity index (χ1n) is 9.38. The molecule has 4 N–H and O–H groups in total. The molecule has 1 atom stereocenters. The molecular weight excluding hydrogens is 426 g/mol. The van der Waals surface area contributed by atoms with Gasteiger partial charge in [0.05, 0.1) is 18.4 Å². The summed E-state index contributed by atoms with van der Waals surface area (Å²) in [5.74, 6) is -2.95. The Bertz CT molecular complexity index is 1200. The molecule has 0 aliphatic heterocycles. The molecule has 1 amide bonds. The third-order valence-electron chi connectivity index (χ3n) is 5.05. The zero-order valence-corrected chi connectivity index (χ0v) is 17.3. The van der Waals surface area contributed by atoms with Crippen molar-refractivity contribution in [2.45, 2.75) is 25.7 Å². The van der Waals surface area contributed by atoms with Gasteiger partial charge >= 0.3 is 11.6 Å². The molecule has 0 spiro atoms. The van der Waals surface area contributed by atoms with Crippen molar-refractivity contribution in [3.63, 3.8) is 0 Å². The SMILES string of the molecule is Cc1c(CC(=O)NC[C@H](CC(=O)O)c2ccc(Cl)cc2)c(=O)oc2c(O)c(O)ccc12. The van der Waals surface area contributed by atoms with Crippen LogP contribution in [0.15, 0.2) is 45.6 Å². The van der Waals surface area contributed by atoms with Gasteiger partial charge in [-0.1, -0.05) is 23.7 Å². The van der Waals surface area contributed by atoms with Crippen molar-refractivity contribution < 1.29 is 29.3 Å². The highest BCUT2D eigenvalue weighted by atomic mass is 35.5.